The summed E-state index contributed by atoms with van der Waals surface area (Å²) in [4.78, 5) is 3.25. The van der Waals surface area contributed by atoms with Gasteiger partial charge in [0.2, 0.25) is 0 Å². The Kier molecular flexibility index (Phi) is 4.68. The number of thioether (sulfide) groups is 1. The highest BCUT2D eigenvalue weighted by molar-refractivity contribution is 7.98. The SMILES string of the molecule is CSc1cccc(N2CC(C)OC(C)(C)C2)c1/C(N)=N/O. The van der Waals surface area contributed by atoms with E-state index in [0.29, 0.717) is 0 Å². The molecule has 116 valence electrons. The first-order valence-electron chi connectivity index (χ1n) is 6.95. The van der Waals surface area contributed by atoms with Gasteiger partial charge in [-0.1, -0.05) is 11.2 Å². The Hall–Kier alpha value is -1.40. The molecule has 2 rings (SSSR count). The number of hydrogen-bond donors (Lipinski definition) is 2. The van der Waals surface area contributed by atoms with E-state index >= 15 is 0 Å². The Morgan fingerprint density at radius 3 is 2.81 bits per heavy atom. The zero-order valence-electron chi connectivity index (χ0n) is 13.0. The first-order chi connectivity index (χ1) is 9.88. The van der Waals surface area contributed by atoms with Gasteiger partial charge in [0, 0.05) is 23.7 Å². The van der Waals surface area contributed by atoms with Crippen LogP contribution in [0, 0.1) is 0 Å². The monoisotopic (exact) mass is 309 g/mol. The van der Waals surface area contributed by atoms with Gasteiger partial charge in [0.1, 0.15) is 0 Å². The van der Waals surface area contributed by atoms with Crippen LogP contribution in [0.25, 0.3) is 0 Å². The summed E-state index contributed by atoms with van der Waals surface area (Å²) in [6.45, 7) is 7.78. The van der Waals surface area contributed by atoms with Gasteiger partial charge in [0.25, 0.3) is 0 Å². The Labute approximate surface area is 130 Å². The van der Waals surface area contributed by atoms with Crippen LogP contribution in [0.15, 0.2) is 28.3 Å². The maximum Gasteiger partial charge on any atom is 0.173 e. The minimum atomic E-state index is -0.227. The van der Waals surface area contributed by atoms with Gasteiger partial charge in [0.15, 0.2) is 5.84 Å². The highest BCUT2D eigenvalue weighted by Crippen LogP contribution is 2.33. The van der Waals surface area contributed by atoms with Gasteiger partial charge in [-0.25, -0.2) is 0 Å². The van der Waals surface area contributed by atoms with Gasteiger partial charge in [0.05, 0.1) is 17.3 Å². The van der Waals surface area contributed by atoms with Gasteiger partial charge in [-0.05, 0) is 39.2 Å². The van der Waals surface area contributed by atoms with Crippen LogP contribution in [0.1, 0.15) is 26.3 Å². The molecule has 1 aromatic carbocycles. The third-order valence-corrected chi connectivity index (χ3v) is 4.28. The number of nitrogens with zero attached hydrogens (tertiary/aromatic N) is 2. The largest absolute Gasteiger partial charge is 0.409 e. The molecule has 1 atom stereocenters. The third kappa shape index (κ3) is 3.44. The Bertz CT molecular complexity index is 546. The summed E-state index contributed by atoms with van der Waals surface area (Å²) in [5.74, 6) is 0.145. The molecule has 5 nitrogen and oxygen atoms in total. The standard InChI is InChI=1S/C15H23N3O2S/c1-10-8-18(9-15(2,3)20-10)11-6-5-7-12(21-4)13(11)14(16)17-19/h5-7,10,19H,8-9H2,1-4H3,(H2,16,17). The maximum atomic E-state index is 9.10. The first kappa shape index (κ1) is 16.0. The second kappa shape index (κ2) is 6.15. The quantitative estimate of drug-likeness (QED) is 0.295. The Morgan fingerprint density at radius 2 is 2.24 bits per heavy atom. The fourth-order valence-electron chi connectivity index (χ4n) is 2.90. The van der Waals surface area contributed by atoms with Crippen LogP contribution >= 0.6 is 11.8 Å². The normalized spacial score (nSPS) is 22.4. The molecule has 0 aromatic heterocycles. The molecule has 1 heterocycles. The molecule has 3 N–H and O–H groups in total. The lowest BCUT2D eigenvalue weighted by Crippen LogP contribution is -2.52. The summed E-state index contributed by atoms with van der Waals surface area (Å²) in [6.07, 6.45) is 2.12. The van der Waals surface area contributed by atoms with E-state index in [9.17, 15) is 0 Å². The molecule has 1 unspecified atom stereocenters. The number of oxime groups is 1. The van der Waals surface area contributed by atoms with Crippen molar-refractivity contribution in [3.05, 3.63) is 23.8 Å². The predicted octanol–water partition coefficient (Wildman–Crippen LogP) is 2.51. The topological polar surface area (TPSA) is 71.1 Å². The molecule has 1 saturated heterocycles. The Balaban J connectivity index is 2.48. The zero-order chi connectivity index (χ0) is 15.6. The summed E-state index contributed by atoms with van der Waals surface area (Å²) in [7, 11) is 0. The lowest BCUT2D eigenvalue weighted by atomic mass is 10.0. The van der Waals surface area contributed by atoms with Crippen molar-refractivity contribution in [1.82, 2.24) is 0 Å². The van der Waals surface area contributed by atoms with Gasteiger partial charge in [-0.15, -0.1) is 11.8 Å². The average molecular weight is 309 g/mol. The van der Waals surface area contributed by atoms with E-state index in [0.717, 1.165) is 29.2 Å². The number of benzene rings is 1. The summed E-state index contributed by atoms with van der Waals surface area (Å²) in [5.41, 5.74) is 7.46. The highest BCUT2D eigenvalue weighted by atomic mass is 32.2. The van der Waals surface area contributed by atoms with E-state index < -0.39 is 0 Å². The van der Waals surface area contributed by atoms with Gasteiger partial charge in [-0.2, -0.15) is 0 Å². The molecule has 0 amide bonds. The van der Waals surface area contributed by atoms with Crippen molar-refractivity contribution in [3.8, 4) is 0 Å². The van der Waals surface area contributed by atoms with Crippen LogP contribution < -0.4 is 10.6 Å². The molecule has 1 fully saturated rings. The highest BCUT2D eigenvalue weighted by Gasteiger charge is 2.33. The second-order valence-corrected chi connectivity index (χ2v) is 6.76. The number of amidine groups is 1. The van der Waals surface area contributed by atoms with Crippen molar-refractivity contribution in [2.45, 2.75) is 37.4 Å². The summed E-state index contributed by atoms with van der Waals surface area (Å²) >= 11 is 1.59. The predicted molar refractivity (Wildman–Crippen MR) is 87.6 cm³/mol. The number of ether oxygens (including phenoxy) is 1. The van der Waals surface area contributed by atoms with E-state index in [1.54, 1.807) is 11.8 Å². The van der Waals surface area contributed by atoms with Crippen LogP contribution in [0.2, 0.25) is 0 Å². The molecule has 0 saturated carbocycles. The van der Waals surface area contributed by atoms with Crippen molar-refractivity contribution in [3.63, 3.8) is 0 Å². The number of nitrogens with two attached hydrogens (primary N) is 1. The lowest BCUT2D eigenvalue weighted by Gasteiger charge is -2.43. The first-order valence-corrected chi connectivity index (χ1v) is 8.18. The van der Waals surface area contributed by atoms with Gasteiger partial charge in [-0.3, -0.25) is 0 Å². The second-order valence-electron chi connectivity index (χ2n) is 5.91. The minimum Gasteiger partial charge on any atom is -0.409 e. The summed E-state index contributed by atoms with van der Waals surface area (Å²) in [6, 6.07) is 6.00. The molecule has 1 aliphatic rings. The van der Waals surface area contributed by atoms with Crippen molar-refractivity contribution in [2.75, 3.05) is 24.2 Å². The number of anilines is 1. The van der Waals surface area contributed by atoms with Gasteiger partial charge < -0.3 is 20.6 Å². The molecule has 0 radical (unpaired) electrons. The maximum absolute atomic E-state index is 9.10. The lowest BCUT2D eigenvalue weighted by molar-refractivity contribution is -0.0749. The Morgan fingerprint density at radius 1 is 1.52 bits per heavy atom. The molecule has 0 aliphatic carbocycles. The average Bonchev–Trinajstić information content (AvgIpc) is 2.43. The van der Waals surface area contributed by atoms with Crippen LogP contribution in [-0.4, -0.2) is 42.1 Å². The van der Waals surface area contributed by atoms with E-state index in [2.05, 4.69) is 30.8 Å². The fourth-order valence-corrected chi connectivity index (χ4v) is 3.53. The van der Waals surface area contributed by atoms with Crippen molar-refractivity contribution in [2.24, 2.45) is 10.9 Å². The van der Waals surface area contributed by atoms with Crippen LogP contribution in [0.5, 0.6) is 0 Å². The molecule has 0 bridgehead atoms. The fraction of sp³-hybridized carbons (Fsp3) is 0.533. The summed E-state index contributed by atoms with van der Waals surface area (Å²) in [5, 5.41) is 12.3. The molecule has 1 aliphatic heterocycles. The third-order valence-electron chi connectivity index (χ3n) is 3.50. The number of morpholine rings is 1. The van der Waals surface area contributed by atoms with Crippen molar-refractivity contribution in [1.29, 1.82) is 0 Å². The zero-order valence-corrected chi connectivity index (χ0v) is 13.8. The molecule has 1 aromatic rings. The van der Waals surface area contributed by atoms with Crippen molar-refractivity contribution < 1.29 is 9.94 Å². The molecular formula is C15H23N3O2S. The van der Waals surface area contributed by atoms with E-state index in [1.165, 1.54) is 0 Å². The molecule has 21 heavy (non-hydrogen) atoms. The van der Waals surface area contributed by atoms with E-state index in [1.807, 2.05) is 24.5 Å². The van der Waals surface area contributed by atoms with Crippen LogP contribution in [0.3, 0.4) is 0 Å². The van der Waals surface area contributed by atoms with Crippen molar-refractivity contribution >= 4 is 23.3 Å². The molecular weight excluding hydrogens is 286 g/mol. The summed E-state index contributed by atoms with van der Waals surface area (Å²) < 4.78 is 5.95. The smallest absolute Gasteiger partial charge is 0.173 e. The number of hydrogen-bond acceptors (Lipinski definition) is 5. The van der Waals surface area contributed by atoms with Gasteiger partial charge >= 0.3 is 0 Å². The van der Waals surface area contributed by atoms with E-state index in [-0.39, 0.29) is 17.5 Å². The minimum absolute atomic E-state index is 0.131. The number of rotatable bonds is 3. The van der Waals surface area contributed by atoms with E-state index in [4.69, 9.17) is 15.7 Å². The molecule has 0 spiro atoms. The van der Waals surface area contributed by atoms with Crippen LogP contribution in [0.4, 0.5) is 5.69 Å². The molecule has 6 heteroatoms. The van der Waals surface area contributed by atoms with Crippen LogP contribution in [-0.2, 0) is 4.74 Å².